The highest BCUT2D eigenvalue weighted by Gasteiger charge is 2.09. The van der Waals surface area contributed by atoms with Crippen molar-refractivity contribution < 1.29 is 9.15 Å². The Morgan fingerprint density at radius 1 is 1.23 bits per heavy atom. The number of benzene rings is 1. The molecule has 1 heterocycles. The van der Waals surface area contributed by atoms with Crippen molar-refractivity contribution in [1.82, 2.24) is 4.90 Å². The molecule has 2 rings (SSSR count). The Morgan fingerprint density at radius 3 is 2.82 bits per heavy atom. The number of ether oxygens (including phenoxy) is 1. The van der Waals surface area contributed by atoms with Gasteiger partial charge < -0.3 is 9.15 Å². The maximum absolute atomic E-state index is 8.75. The van der Waals surface area contributed by atoms with E-state index in [-0.39, 0.29) is 0 Å². The van der Waals surface area contributed by atoms with Crippen molar-refractivity contribution >= 4 is 23.2 Å². The third kappa shape index (κ3) is 5.27. The maximum atomic E-state index is 8.75. The van der Waals surface area contributed by atoms with E-state index in [2.05, 4.69) is 11.0 Å². The van der Waals surface area contributed by atoms with Gasteiger partial charge in [0, 0.05) is 30.6 Å². The van der Waals surface area contributed by atoms with Gasteiger partial charge >= 0.3 is 0 Å². The fourth-order valence-electron chi connectivity index (χ4n) is 1.97. The van der Waals surface area contributed by atoms with Crippen LogP contribution in [0.2, 0.25) is 10.0 Å². The van der Waals surface area contributed by atoms with E-state index >= 15 is 0 Å². The van der Waals surface area contributed by atoms with E-state index in [1.54, 1.807) is 24.5 Å². The summed E-state index contributed by atoms with van der Waals surface area (Å²) in [7, 11) is 0. The van der Waals surface area contributed by atoms with Crippen molar-refractivity contribution in [2.75, 3.05) is 19.7 Å². The molecular formula is C16H16Cl2N2O2. The van der Waals surface area contributed by atoms with Crippen LogP contribution in [0.15, 0.2) is 41.0 Å². The molecule has 2 aromatic rings. The smallest absolute Gasteiger partial charge is 0.139 e. The fourth-order valence-corrected chi connectivity index (χ4v) is 2.31. The lowest BCUT2D eigenvalue weighted by molar-refractivity contribution is 0.195. The minimum atomic E-state index is 0.451. The highest BCUT2D eigenvalue weighted by Crippen LogP contribution is 2.27. The second-order valence-electron chi connectivity index (χ2n) is 4.69. The molecule has 0 amide bonds. The second kappa shape index (κ2) is 8.70. The zero-order chi connectivity index (χ0) is 15.8. The quantitative estimate of drug-likeness (QED) is 0.716. The molecule has 0 aliphatic heterocycles. The molecule has 0 saturated carbocycles. The zero-order valence-corrected chi connectivity index (χ0v) is 13.5. The van der Waals surface area contributed by atoms with Gasteiger partial charge in [-0.15, -0.1) is 0 Å². The van der Waals surface area contributed by atoms with E-state index in [1.165, 1.54) is 0 Å². The normalized spacial score (nSPS) is 10.6. The lowest BCUT2D eigenvalue weighted by Crippen LogP contribution is -2.29. The first kappa shape index (κ1) is 16.7. The Hall–Kier alpha value is -1.67. The molecule has 0 aliphatic rings. The van der Waals surface area contributed by atoms with Crippen molar-refractivity contribution in [2.24, 2.45) is 0 Å². The van der Waals surface area contributed by atoms with Crippen LogP contribution in [0.4, 0.5) is 0 Å². The SMILES string of the molecule is N#CCCN(CCOc1cc(Cl)ccc1Cl)Cc1ccco1. The summed E-state index contributed by atoms with van der Waals surface area (Å²) in [4.78, 5) is 2.10. The first-order valence-electron chi connectivity index (χ1n) is 6.88. The molecule has 22 heavy (non-hydrogen) atoms. The van der Waals surface area contributed by atoms with Crippen LogP contribution in [0, 0.1) is 11.3 Å². The summed E-state index contributed by atoms with van der Waals surface area (Å²) in [6.45, 7) is 2.41. The average Bonchev–Trinajstić information content (AvgIpc) is 3.01. The maximum Gasteiger partial charge on any atom is 0.139 e. The summed E-state index contributed by atoms with van der Waals surface area (Å²) >= 11 is 12.0. The van der Waals surface area contributed by atoms with Crippen molar-refractivity contribution in [3.05, 3.63) is 52.4 Å². The van der Waals surface area contributed by atoms with Crippen LogP contribution >= 0.6 is 23.2 Å². The Labute approximate surface area is 139 Å². The molecule has 0 unspecified atom stereocenters. The Bertz CT molecular complexity index is 624. The van der Waals surface area contributed by atoms with Gasteiger partial charge in [-0.1, -0.05) is 23.2 Å². The lowest BCUT2D eigenvalue weighted by Gasteiger charge is -2.20. The van der Waals surface area contributed by atoms with Crippen LogP contribution in [-0.4, -0.2) is 24.6 Å². The van der Waals surface area contributed by atoms with Gasteiger partial charge in [-0.3, -0.25) is 4.90 Å². The van der Waals surface area contributed by atoms with E-state index in [4.69, 9.17) is 37.6 Å². The lowest BCUT2D eigenvalue weighted by atomic mass is 10.3. The molecule has 6 heteroatoms. The van der Waals surface area contributed by atoms with Crippen molar-refractivity contribution in [1.29, 1.82) is 5.26 Å². The number of hydrogen-bond donors (Lipinski definition) is 0. The van der Waals surface area contributed by atoms with Gasteiger partial charge in [0.1, 0.15) is 18.1 Å². The van der Waals surface area contributed by atoms with Crippen molar-refractivity contribution in [3.8, 4) is 11.8 Å². The van der Waals surface area contributed by atoms with Gasteiger partial charge in [0.2, 0.25) is 0 Å². The Morgan fingerprint density at radius 2 is 2.09 bits per heavy atom. The predicted molar refractivity (Wildman–Crippen MR) is 86.2 cm³/mol. The van der Waals surface area contributed by atoms with E-state index in [0.29, 0.717) is 48.5 Å². The monoisotopic (exact) mass is 338 g/mol. The largest absolute Gasteiger partial charge is 0.491 e. The average molecular weight is 339 g/mol. The standard InChI is InChI=1S/C16H16Cl2N2O2/c17-13-4-5-15(18)16(11-13)22-10-8-20(7-2-6-19)12-14-3-1-9-21-14/h1,3-5,9,11H,2,7-8,10,12H2. The number of halogens is 2. The van der Waals surface area contributed by atoms with Crippen molar-refractivity contribution in [2.45, 2.75) is 13.0 Å². The molecule has 4 nitrogen and oxygen atoms in total. The molecule has 0 saturated heterocycles. The van der Waals surface area contributed by atoms with Crippen LogP contribution in [0.1, 0.15) is 12.2 Å². The minimum Gasteiger partial charge on any atom is -0.491 e. The first-order valence-corrected chi connectivity index (χ1v) is 7.64. The van der Waals surface area contributed by atoms with Gasteiger partial charge in [-0.2, -0.15) is 5.26 Å². The Kier molecular flexibility index (Phi) is 6.60. The molecule has 116 valence electrons. The first-order chi connectivity index (χ1) is 10.7. The zero-order valence-electron chi connectivity index (χ0n) is 12.0. The summed E-state index contributed by atoms with van der Waals surface area (Å²) in [6, 6.07) is 11.0. The molecule has 0 radical (unpaired) electrons. The molecule has 0 fully saturated rings. The Balaban J connectivity index is 1.87. The summed E-state index contributed by atoms with van der Waals surface area (Å²) < 4.78 is 11.0. The van der Waals surface area contributed by atoms with E-state index < -0.39 is 0 Å². The van der Waals surface area contributed by atoms with Crippen LogP contribution in [0.5, 0.6) is 5.75 Å². The second-order valence-corrected chi connectivity index (χ2v) is 5.53. The fraction of sp³-hybridized carbons (Fsp3) is 0.312. The van der Waals surface area contributed by atoms with Gasteiger partial charge in [0.25, 0.3) is 0 Å². The summed E-state index contributed by atoms with van der Waals surface area (Å²) in [5.74, 6) is 1.42. The number of furan rings is 1. The third-order valence-electron chi connectivity index (χ3n) is 3.06. The van der Waals surface area contributed by atoms with Gasteiger partial charge in [0.15, 0.2) is 0 Å². The molecule has 0 bridgehead atoms. The summed E-state index contributed by atoms with van der Waals surface area (Å²) in [6.07, 6.45) is 2.10. The van der Waals surface area contributed by atoms with Crippen LogP contribution < -0.4 is 4.74 Å². The molecule has 0 aliphatic carbocycles. The van der Waals surface area contributed by atoms with Crippen LogP contribution in [0.3, 0.4) is 0 Å². The van der Waals surface area contributed by atoms with E-state index in [0.717, 1.165) is 5.76 Å². The van der Waals surface area contributed by atoms with Gasteiger partial charge in [-0.25, -0.2) is 0 Å². The molecule has 0 N–H and O–H groups in total. The van der Waals surface area contributed by atoms with Gasteiger partial charge in [0.05, 0.1) is 23.9 Å². The van der Waals surface area contributed by atoms with E-state index in [9.17, 15) is 0 Å². The highest BCUT2D eigenvalue weighted by atomic mass is 35.5. The molecule has 0 spiro atoms. The molecular weight excluding hydrogens is 323 g/mol. The van der Waals surface area contributed by atoms with Gasteiger partial charge in [-0.05, 0) is 24.3 Å². The van der Waals surface area contributed by atoms with Crippen LogP contribution in [-0.2, 0) is 6.54 Å². The van der Waals surface area contributed by atoms with E-state index in [1.807, 2.05) is 12.1 Å². The number of nitrogens with zero attached hydrogens (tertiary/aromatic N) is 2. The number of nitriles is 1. The molecule has 1 aromatic carbocycles. The minimum absolute atomic E-state index is 0.451. The third-order valence-corrected chi connectivity index (χ3v) is 3.61. The van der Waals surface area contributed by atoms with Crippen molar-refractivity contribution in [3.63, 3.8) is 0 Å². The topological polar surface area (TPSA) is 49.4 Å². The number of hydrogen-bond acceptors (Lipinski definition) is 4. The predicted octanol–water partition coefficient (Wildman–Crippen LogP) is 4.38. The van der Waals surface area contributed by atoms with Crippen LogP contribution in [0.25, 0.3) is 0 Å². The summed E-state index contributed by atoms with van der Waals surface area (Å²) in [5.41, 5.74) is 0. The molecule has 1 aromatic heterocycles. The molecule has 0 atom stereocenters. The highest BCUT2D eigenvalue weighted by molar-refractivity contribution is 6.34. The number of rotatable bonds is 8. The summed E-state index contributed by atoms with van der Waals surface area (Å²) in [5, 5.41) is 9.85.